The third kappa shape index (κ3) is 16.6. The first-order valence-electron chi connectivity index (χ1n) is 26.0. The van der Waals surface area contributed by atoms with Crippen molar-refractivity contribution in [3.63, 3.8) is 0 Å². The summed E-state index contributed by atoms with van der Waals surface area (Å²) in [5, 5.41) is 25.1. The normalized spacial score (nSPS) is 11.6. The monoisotopic (exact) mass is 1030 g/mol. The Bertz CT molecular complexity index is 2600. The first-order valence-corrected chi connectivity index (χ1v) is 26.0. The van der Waals surface area contributed by atoms with Crippen molar-refractivity contribution in [2.24, 2.45) is 0 Å². The SMILES string of the molecule is C=CCCCC(=O)c1cc2c(O)c(c1)Cc1cc(C(=O)CCCC=C)cc(c1OCCOC(=O)C(=C)C)Cc1cc(C(=O)CCCC=C)cc(c1O)Cc1cc(C(=O)CCCC=C)cc(c1OCCOC(=O)C(=C)C)C2. The zero-order valence-electron chi connectivity index (χ0n) is 44.3. The average Bonchev–Trinajstić information content (AvgIpc) is 3.39. The molecule has 12 heteroatoms. The lowest BCUT2D eigenvalue weighted by molar-refractivity contribution is -0.140. The maximum Gasteiger partial charge on any atom is 0.333 e. The van der Waals surface area contributed by atoms with Gasteiger partial charge in [0.25, 0.3) is 0 Å². The molecule has 0 saturated heterocycles. The minimum Gasteiger partial charge on any atom is -0.507 e. The number of hydrogen-bond donors (Lipinski definition) is 2. The van der Waals surface area contributed by atoms with Crippen LogP contribution < -0.4 is 9.47 Å². The highest BCUT2D eigenvalue weighted by atomic mass is 16.6. The second-order valence-corrected chi connectivity index (χ2v) is 19.2. The fourth-order valence-corrected chi connectivity index (χ4v) is 8.94. The van der Waals surface area contributed by atoms with Crippen molar-refractivity contribution < 1.29 is 57.9 Å². The molecule has 0 aromatic heterocycles. The Hall–Kier alpha value is -7.86. The van der Waals surface area contributed by atoms with Crippen molar-refractivity contribution in [2.45, 2.75) is 117 Å². The Kier molecular flexibility index (Phi) is 22.7. The number of benzene rings is 4. The lowest BCUT2D eigenvalue weighted by Gasteiger charge is -2.23. The highest BCUT2D eigenvalue weighted by Gasteiger charge is 2.26. The first kappa shape index (κ1) is 59.0. The molecule has 4 aromatic rings. The lowest BCUT2D eigenvalue weighted by atomic mass is 9.86. The van der Waals surface area contributed by atoms with Crippen molar-refractivity contribution in [1.29, 1.82) is 0 Å². The van der Waals surface area contributed by atoms with Crippen molar-refractivity contribution in [2.75, 3.05) is 26.4 Å². The van der Waals surface area contributed by atoms with Gasteiger partial charge in [-0.15, -0.1) is 26.3 Å². The smallest absolute Gasteiger partial charge is 0.333 e. The topological polar surface area (TPSA) is 180 Å². The van der Waals surface area contributed by atoms with Crippen molar-refractivity contribution in [3.8, 4) is 23.0 Å². The van der Waals surface area contributed by atoms with Crippen LogP contribution in [0.4, 0.5) is 0 Å². The minimum absolute atomic E-state index is 0.0716. The van der Waals surface area contributed by atoms with Gasteiger partial charge in [0.05, 0.1) is 0 Å². The molecule has 0 amide bonds. The highest BCUT2D eigenvalue weighted by Crippen LogP contribution is 2.41. The lowest BCUT2D eigenvalue weighted by Crippen LogP contribution is -2.15. The second kappa shape index (κ2) is 29.3. The highest BCUT2D eigenvalue weighted by molar-refractivity contribution is 5.99. The fourth-order valence-electron chi connectivity index (χ4n) is 8.94. The van der Waals surface area contributed by atoms with Gasteiger partial charge in [-0.25, -0.2) is 9.59 Å². The van der Waals surface area contributed by atoms with Crippen LogP contribution in [-0.2, 0) is 44.7 Å². The van der Waals surface area contributed by atoms with Gasteiger partial charge < -0.3 is 29.2 Å². The number of ether oxygens (including phenoxy) is 4. The van der Waals surface area contributed by atoms with E-state index >= 15 is 0 Å². The van der Waals surface area contributed by atoms with Crippen molar-refractivity contribution in [3.05, 3.63) is 190 Å². The summed E-state index contributed by atoms with van der Waals surface area (Å²) in [6.07, 6.45) is 12.0. The maximum absolute atomic E-state index is 14.2. The number of carbonyl (C=O) groups is 6. The van der Waals surface area contributed by atoms with Crippen LogP contribution in [0.15, 0.2) is 123 Å². The van der Waals surface area contributed by atoms with Crippen LogP contribution in [0.1, 0.15) is 177 Å². The quantitative estimate of drug-likeness (QED) is 0.0146. The van der Waals surface area contributed by atoms with E-state index in [9.17, 15) is 39.0 Å². The summed E-state index contributed by atoms with van der Waals surface area (Å²) >= 11 is 0. The number of fused-ring (bicyclic) bond motifs is 8. The van der Waals surface area contributed by atoms with E-state index in [0.29, 0.717) is 118 Å². The van der Waals surface area contributed by atoms with Crippen molar-refractivity contribution >= 4 is 35.1 Å². The van der Waals surface area contributed by atoms with Crippen LogP contribution in [0, 0.1) is 0 Å². The minimum atomic E-state index is -0.612. The van der Waals surface area contributed by atoms with Crippen LogP contribution in [-0.4, -0.2) is 71.7 Å². The van der Waals surface area contributed by atoms with E-state index < -0.39 is 11.9 Å². The molecule has 0 radical (unpaired) electrons. The molecule has 2 N–H and O–H groups in total. The van der Waals surface area contributed by atoms with E-state index in [1.807, 2.05) is 0 Å². The fraction of sp³-hybridized carbons (Fsp3) is 0.344. The van der Waals surface area contributed by atoms with E-state index in [1.54, 1.807) is 72.8 Å². The largest absolute Gasteiger partial charge is 0.507 e. The molecule has 1 aliphatic rings. The summed E-state index contributed by atoms with van der Waals surface area (Å²) in [5.41, 5.74) is 4.75. The number of phenolic OH excluding ortho intramolecular Hbond substituents is 2. The summed E-state index contributed by atoms with van der Waals surface area (Å²) < 4.78 is 23.9. The number of aromatic hydroxyl groups is 2. The Morgan fingerprint density at radius 3 is 0.882 bits per heavy atom. The van der Waals surface area contributed by atoms with Gasteiger partial charge >= 0.3 is 11.9 Å². The van der Waals surface area contributed by atoms with E-state index in [4.69, 9.17) is 18.9 Å². The van der Waals surface area contributed by atoms with Gasteiger partial charge in [0.1, 0.15) is 49.4 Å². The summed E-state index contributed by atoms with van der Waals surface area (Å²) in [4.78, 5) is 81.6. The number of rotatable bonds is 30. The molecule has 5 rings (SSSR count). The van der Waals surface area contributed by atoms with E-state index in [0.717, 1.165) is 0 Å². The van der Waals surface area contributed by atoms with Gasteiger partial charge in [-0.3, -0.25) is 19.2 Å². The molecule has 12 nitrogen and oxygen atoms in total. The van der Waals surface area contributed by atoms with Gasteiger partial charge in [0, 0.05) is 84.8 Å². The molecule has 0 heterocycles. The zero-order valence-corrected chi connectivity index (χ0v) is 44.3. The number of Topliss-reactive ketones (excluding diaryl/α,β-unsaturated/α-hetero) is 4. The molecule has 0 fully saturated rings. The van der Waals surface area contributed by atoms with Gasteiger partial charge in [-0.1, -0.05) is 37.5 Å². The maximum atomic E-state index is 14.2. The number of allylic oxidation sites excluding steroid dienone is 4. The standard InChI is InChI=1S/C64H72O12/c1-9-13-17-21-55(65)43-29-47-37-51-33-45(57(67)23-19-15-11-3)35-53(61(51)73-25-27-75-63(71)41(5)6)39-49-31-44(56(66)22-18-14-10-2)32-50(60(49)70)40-54-36-46(58(68)24-20-16-12-4)34-52(38-48(30-43)59(47)69)62(54)74-26-28-76-64(72)42(7)8/h9-12,29-36,69-70H,1-5,7,13-28,37-40H2,6,8H3. The molecular formula is C64H72O12. The van der Waals surface area contributed by atoms with Gasteiger partial charge in [0.15, 0.2) is 23.1 Å². The third-order valence-corrected chi connectivity index (χ3v) is 12.9. The number of hydrogen-bond acceptors (Lipinski definition) is 12. The van der Waals surface area contributed by atoms with Crippen LogP contribution in [0.5, 0.6) is 23.0 Å². The number of esters is 2. The molecule has 76 heavy (non-hydrogen) atoms. The van der Waals surface area contributed by atoms with Crippen molar-refractivity contribution in [1.82, 2.24) is 0 Å². The molecule has 8 bridgehead atoms. The molecule has 400 valence electrons. The molecule has 0 spiro atoms. The van der Waals surface area contributed by atoms with Crippen LogP contribution in [0.3, 0.4) is 0 Å². The average molecular weight is 1030 g/mol. The van der Waals surface area contributed by atoms with Gasteiger partial charge in [-0.2, -0.15) is 0 Å². The van der Waals surface area contributed by atoms with E-state index in [1.165, 1.54) is 13.8 Å². The Morgan fingerprint density at radius 1 is 0.421 bits per heavy atom. The Morgan fingerprint density at radius 2 is 0.658 bits per heavy atom. The van der Waals surface area contributed by atoms with Gasteiger partial charge in [-0.05, 0) is 158 Å². The third-order valence-electron chi connectivity index (χ3n) is 12.9. The van der Waals surface area contributed by atoms with Crippen LogP contribution in [0.25, 0.3) is 0 Å². The number of carbonyl (C=O) groups excluding carboxylic acids is 6. The molecule has 0 saturated carbocycles. The molecule has 0 atom stereocenters. The molecular weight excluding hydrogens is 961 g/mol. The Labute approximate surface area is 447 Å². The van der Waals surface area contributed by atoms with Crippen LogP contribution >= 0.6 is 0 Å². The Balaban J connectivity index is 1.89. The summed E-state index contributed by atoms with van der Waals surface area (Å²) in [6.45, 7) is 25.0. The first-order chi connectivity index (χ1) is 36.5. The summed E-state index contributed by atoms with van der Waals surface area (Å²) in [6, 6.07) is 13.3. The molecule has 4 aromatic carbocycles. The molecule has 0 unspecified atom stereocenters. The zero-order chi connectivity index (χ0) is 55.3. The van der Waals surface area contributed by atoms with Crippen LogP contribution in [0.2, 0.25) is 0 Å². The molecule has 0 aliphatic heterocycles. The van der Waals surface area contributed by atoms with E-state index in [-0.39, 0.29) is 135 Å². The number of phenols is 2. The second-order valence-electron chi connectivity index (χ2n) is 19.2. The number of ketones is 4. The number of unbranched alkanes of at least 4 members (excludes halogenated alkanes) is 4. The predicted octanol–water partition coefficient (Wildman–Crippen LogP) is 12.9. The molecule has 1 aliphatic carbocycles. The summed E-state index contributed by atoms with van der Waals surface area (Å²) in [7, 11) is 0. The van der Waals surface area contributed by atoms with E-state index in [2.05, 4.69) is 39.5 Å². The van der Waals surface area contributed by atoms with Gasteiger partial charge in [0.2, 0.25) is 0 Å². The predicted molar refractivity (Wildman–Crippen MR) is 296 cm³/mol. The summed E-state index contributed by atoms with van der Waals surface area (Å²) in [5.74, 6) is -1.71.